The Labute approximate surface area is 154 Å². The van der Waals surface area contributed by atoms with Gasteiger partial charge in [-0.05, 0) is 17.5 Å². The van der Waals surface area contributed by atoms with E-state index in [1.807, 2.05) is 60.7 Å². The van der Waals surface area contributed by atoms with Crippen LogP contribution in [0.2, 0.25) is 0 Å². The van der Waals surface area contributed by atoms with Gasteiger partial charge in [0.15, 0.2) is 9.84 Å². The molecule has 0 bridgehead atoms. The van der Waals surface area contributed by atoms with E-state index in [9.17, 15) is 18.3 Å². The van der Waals surface area contributed by atoms with Crippen molar-refractivity contribution >= 4 is 15.7 Å². The molecule has 1 aliphatic heterocycles. The highest BCUT2D eigenvalue weighted by atomic mass is 32.2. The van der Waals surface area contributed by atoms with Gasteiger partial charge < -0.3 is 10.0 Å². The van der Waals surface area contributed by atoms with Crippen LogP contribution in [0.3, 0.4) is 0 Å². The van der Waals surface area contributed by atoms with Crippen molar-refractivity contribution in [1.82, 2.24) is 4.90 Å². The molecule has 2 unspecified atom stereocenters. The van der Waals surface area contributed by atoms with Crippen LogP contribution in [0, 0.1) is 0 Å². The summed E-state index contributed by atoms with van der Waals surface area (Å²) in [6.45, 7) is 0.444. The van der Waals surface area contributed by atoms with Crippen molar-refractivity contribution in [3.63, 3.8) is 0 Å². The second-order valence-electron chi connectivity index (χ2n) is 6.59. The molecule has 138 valence electrons. The lowest BCUT2D eigenvalue weighted by Gasteiger charge is -2.23. The standard InChI is InChI=1S/C20H23NO4S/c22-18(15-16-7-3-1-4-8-16)20(23)21-12-11-19(26(24,25)14-13-21)17-9-5-2-6-10-17/h1-10,18-19,22H,11-15H2. The van der Waals surface area contributed by atoms with Gasteiger partial charge in [0, 0.05) is 19.5 Å². The largest absolute Gasteiger partial charge is 0.383 e. The summed E-state index contributed by atoms with van der Waals surface area (Å²) in [7, 11) is -3.34. The zero-order chi connectivity index (χ0) is 18.6. The van der Waals surface area contributed by atoms with E-state index < -0.39 is 27.1 Å². The number of sulfone groups is 1. The molecule has 0 aliphatic carbocycles. The first-order valence-corrected chi connectivity index (χ1v) is 10.5. The van der Waals surface area contributed by atoms with Gasteiger partial charge in [0.25, 0.3) is 5.91 Å². The number of amides is 1. The van der Waals surface area contributed by atoms with Gasteiger partial charge in [0.05, 0.1) is 11.0 Å². The molecule has 1 fully saturated rings. The maximum absolute atomic E-state index is 12.6. The van der Waals surface area contributed by atoms with E-state index in [-0.39, 0.29) is 18.7 Å². The second-order valence-corrected chi connectivity index (χ2v) is 8.89. The summed E-state index contributed by atoms with van der Waals surface area (Å²) in [4.78, 5) is 14.1. The second kappa shape index (κ2) is 8.01. The Morgan fingerprint density at radius 2 is 1.65 bits per heavy atom. The van der Waals surface area contributed by atoms with E-state index in [0.29, 0.717) is 13.0 Å². The molecule has 0 spiro atoms. The van der Waals surface area contributed by atoms with Crippen molar-refractivity contribution in [1.29, 1.82) is 0 Å². The monoisotopic (exact) mass is 373 g/mol. The van der Waals surface area contributed by atoms with Gasteiger partial charge in [0.1, 0.15) is 6.10 Å². The quantitative estimate of drug-likeness (QED) is 0.889. The van der Waals surface area contributed by atoms with Crippen LogP contribution in [0.25, 0.3) is 0 Å². The summed E-state index contributed by atoms with van der Waals surface area (Å²) in [5, 5.41) is 9.68. The van der Waals surface area contributed by atoms with Gasteiger partial charge in [0.2, 0.25) is 0 Å². The van der Waals surface area contributed by atoms with Crippen LogP contribution < -0.4 is 0 Å². The number of benzene rings is 2. The first-order chi connectivity index (χ1) is 12.5. The molecule has 1 N–H and O–H groups in total. The lowest BCUT2D eigenvalue weighted by atomic mass is 10.1. The molecular weight excluding hydrogens is 350 g/mol. The maximum Gasteiger partial charge on any atom is 0.251 e. The van der Waals surface area contributed by atoms with Gasteiger partial charge in [-0.25, -0.2) is 8.42 Å². The average molecular weight is 373 g/mol. The fourth-order valence-electron chi connectivity index (χ4n) is 3.34. The number of aliphatic hydroxyl groups excluding tert-OH is 1. The predicted octanol–water partition coefficient (Wildman–Crippen LogP) is 1.98. The molecule has 2 aromatic carbocycles. The number of rotatable bonds is 4. The van der Waals surface area contributed by atoms with Crippen molar-refractivity contribution in [3.8, 4) is 0 Å². The van der Waals surface area contributed by atoms with Crippen LogP contribution in [0.15, 0.2) is 60.7 Å². The zero-order valence-corrected chi connectivity index (χ0v) is 15.3. The van der Waals surface area contributed by atoms with Crippen molar-refractivity contribution in [2.24, 2.45) is 0 Å². The molecule has 0 saturated carbocycles. The molecule has 2 aromatic rings. The highest BCUT2D eigenvalue weighted by Crippen LogP contribution is 2.29. The predicted molar refractivity (Wildman–Crippen MR) is 100 cm³/mol. The lowest BCUT2D eigenvalue weighted by Crippen LogP contribution is -2.41. The normalized spacial score (nSPS) is 21.0. The Morgan fingerprint density at radius 3 is 2.31 bits per heavy atom. The van der Waals surface area contributed by atoms with Crippen molar-refractivity contribution in [3.05, 3.63) is 71.8 Å². The molecule has 2 atom stereocenters. The maximum atomic E-state index is 12.6. The summed E-state index contributed by atoms with van der Waals surface area (Å²) in [5.74, 6) is -0.492. The molecule has 1 heterocycles. The van der Waals surface area contributed by atoms with E-state index in [4.69, 9.17) is 0 Å². The van der Waals surface area contributed by atoms with Crippen LogP contribution in [0.4, 0.5) is 0 Å². The summed E-state index contributed by atoms with van der Waals surface area (Å²) in [6.07, 6.45) is -0.588. The summed E-state index contributed by atoms with van der Waals surface area (Å²) in [5.41, 5.74) is 1.63. The number of carbonyl (C=O) groups is 1. The van der Waals surface area contributed by atoms with Crippen LogP contribution in [-0.4, -0.2) is 49.3 Å². The van der Waals surface area contributed by atoms with Gasteiger partial charge in [-0.1, -0.05) is 60.7 Å². The first-order valence-electron chi connectivity index (χ1n) is 8.74. The van der Waals surface area contributed by atoms with Gasteiger partial charge >= 0.3 is 0 Å². The van der Waals surface area contributed by atoms with Gasteiger partial charge in [-0.2, -0.15) is 0 Å². The minimum atomic E-state index is -3.34. The Hall–Kier alpha value is -2.18. The van der Waals surface area contributed by atoms with E-state index in [1.165, 1.54) is 4.90 Å². The molecule has 1 aliphatic rings. The van der Waals surface area contributed by atoms with E-state index >= 15 is 0 Å². The van der Waals surface area contributed by atoms with Crippen LogP contribution in [-0.2, 0) is 21.1 Å². The van der Waals surface area contributed by atoms with E-state index in [1.54, 1.807) is 0 Å². The molecule has 0 aromatic heterocycles. The van der Waals surface area contributed by atoms with Gasteiger partial charge in [-0.3, -0.25) is 4.79 Å². The molecule has 26 heavy (non-hydrogen) atoms. The number of hydrogen-bond acceptors (Lipinski definition) is 4. The van der Waals surface area contributed by atoms with E-state index in [2.05, 4.69) is 0 Å². The molecule has 1 saturated heterocycles. The Kier molecular flexibility index (Phi) is 5.74. The topological polar surface area (TPSA) is 74.7 Å². The lowest BCUT2D eigenvalue weighted by molar-refractivity contribution is -0.139. The molecular formula is C20H23NO4S. The molecule has 1 amide bonds. The third kappa shape index (κ3) is 4.31. The smallest absolute Gasteiger partial charge is 0.251 e. The van der Waals surface area contributed by atoms with Crippen LogP contribution in [0.5, 0.6) is 0 Å². The summed E-state index contributed by atoms with van der Waals surface area (Å²) < 4.78 is 25.3. The van der Waals surface area contributed by atoms with Crippen molar-refractivity contribution < 1.29 is 18.3 Å². The van der Waals surface area contributed by atoms with E-state index in [0.717, 1.165) is 11.1 Å². The van der Waals surface area contributed by atoms with Crippen molar-refractivity contribution in [2.45, 2.75) is 24.2 Å². The third-order valence-electron chi connectivity index (χ3n) is 4.78. The summed E-state index contributed by atoms with van der Waals surface area (Å²) >= 11 is 0. The van der Waals surface area contributed by atoms with Gasteiger partial charge in [-0.15, -0.1) is 0 Å². The fourth-order valence-corrected chi connectivity index (χ4v) is 5.14. The number of aliphatic hydroxyl groups is 1. The highest BCUT2D eigenvalue weighted by molar-refractivity contribution is 7.91. The minimum absolute atomic E-state index is 0.0869. The Balaban J connectivity index is 1.70. The number of hydrogen-bond donors (Lipinski definition) is 1. The number of nitrogens with zero attached hydrogens (tertiary/aromatic N) is 1. The highest BCUT2D eigenvalue weighted by Gasteiger charge is 2.34. The Morgan fingerprint density at radius 1 is 1.04 bits per heavy atom. The first kappa shape index (κ1) is 18.6. The molecule has 5 nitrogen and oxygen atoms in total. The molecule has 0 radical (unpaired) electrons. The molecule has 3 rings (SSSR count). The van der Waals surface area contributed by atoms with Crippen molar-refractivity contribution in [2.75, 3.05) is 18.8 Å². The SMILES string of the molecule is O=C(C(O)Cc1ccccc1)N1CCC(c2ccccc2)S(=O)(=O)CC1. The zero-order valence-electron chi connectivity index (χ0n) is 14.5. The number of carbonyl (C=O) groups excluding carboxylic acids is 1. The molecule has 6 heteroatoms. The summed E-state index contributed by atoms with van der Waals surface area (Å²) in [6, 6.07) is 18.4. The fraction of sp³-hybridized carbons (Fsp3) is 0.350. The average Bonchev–Trinajstić information content (AvgIpc) is 2.80. The third-order valence-corrected chi connectivity index (χ3v) is 6.91. The van der Waals surface area contributed by atoms with Crippen LogP contribution >= 0.6 is 0 Å². The minimum Gasteiger partial charge on any atom is -0.383 e. The Bertz CT molecular complexity index is 837. The van der Waals surface area contributed by atoms with Crippen LogP contribution in [0.1, 0.15) is 22.8 Å².